The van der Waals surface area contributed by atoms with Gasteiger partial charge in [0.05, 0.1) is 11.6 Å². The molecule has 0 saturated heterocycles. The van der Waals surface area contributed by atoms with E-state index in [4.69, 9.17) is 16.3 Å². The Morgan fingerprint density at radius 1 is 1.35 bits per heavy atom. The Labute approximate surface area is 124 Å². The largest absolute Gasteiger partial charge is 0.378 e. The second-order valence-corrected chi connectivity index (χ2v) is 5.64. The molecule has 3 rings (SSSR count). The summed E-state index contributed by atoms with van der Waals surface area (Å²) in [5.74, 6) is 0. The summed E-state index contributed by atoms with van der Waals surface area (Å²) in [7, 11) is 0. The van der Waals surface area contributed by atoms with Gasteiger partial charge in [-0.25, -0.2) is 0 Å². The summed E-state index contributed by atoms with van der Waals surface area (Å²) in [6, 6.07) is 8.50. The lowest BCUT2D eigenvalue weighted by atomic mass is 9.89. The fraction of sp³-hybridized carbons (Fsp3) is 0.438. The minimum atomic E-state index is 0.442. The van der Waals surface area contributed by atoms with Crippen LogP contribution in [0.15, 0.2) is 30.5 Å². The number of nitrogens with one attached hydrogen (secondary N) is 1. The molecule has 1 aliphatic rings. The van der Waals surface area contributed by atoms with Gasteiger partial charge in [-0.15, -0.1) is 0 Å². The van der Waals surface area contributed by atoms with Crippen molar-refractivity contribution in [3.63, 3.8) is 0 Å². The van der Waals surface area contributed by atoms with Gasteiger partial charge in [-0.2, -0.15) is 0 Å². The Morgan fingerprint density at radius 3 is 3.00 bits per heavy atom. The lowest BCUT2D eigenvalue weighted by molar-refractivity contribution is -0.0102. The first-order valence-electron chi connectivity index (χ1n) is 7.15. The summed E-state index contributed by atoms with van der Waals surface area (Å²) in [6.07, 6.45) is 4.47. The third kappa shape index (κ3) is 2.80. The van der Waals surface area contributed by atoms with Gasteiger partial charge >= 0.3 is 0 Å². The summed E-state index contributed by atoms with van der Waals surface area (Å²) in [4.78, 5) is 4.46. The van der Waals surface area contributed by atoms with Gasteiger partial charge in [0.1, 0.15) is 0 Å². The predicted molar refractivity (Wildman–Crippen MR) is 82.0 cm³/mol. The van der Waals surface area contributed by atoms with E-state index in [-0.39, 0.29) is 0 Å². The number of aromatic nitrogens is 1. The molecule has 2 aromatic rings. The standard InChI is InChI=1S/C16H19ClN2O/c1-2-20-13-8-12(9-13)19-10-11-5-6-15(17)14-4-3-7-18-16(11)14/h3-7,12-13,19H,2,8-10H2,1H3. The van der Waals surface area contributed by atoms with Crippen LogP contribution in [0.5, 0.6) is 0 Å². The van der Waals surface area contributed by atoms with Gasteiger partial charge < -0.3 is 10.1 Å². The number of hydrogen-bond donors (Lipinski definition) is 1. The van der Waals surface area contributed by atoms with Crippen molar-refractivity contribution in [2.75, 3.05) is 6.61 Å². The van der Waals surface area contributed by atoms with E-state index in [0.717, 1.165) is 41.9 Å². The summed E-state index contributed by atoms with van der Waals surface area (Å²) < 4.78 is 5.58. The van der Waals surface area contributed by atoms with Crippen LogP contribution in [0.2, 0.25) is 5.02 Å². The second kappa shape index (κ2) is 6.08. The number of rotatable bonds is 5. The first kappa shape index (κ1) is 13.8. The smallest absolute Gasteiger partial charge is 0.0761 e. The number of pyridine rings is 1. The SMILES string of the molecule is CCOC1CC(NCc2ccc(Cl)c3cccnc23)C1. The van der Waals surface area contributed by atoms with Gasteiger partial charge in [0.25, 0.3) is 0 Å². The van der Waals surface area contributed by atoms with Gasteiger partial charge in [0, 0.05) is 35.8 Å². The molecule has 20 heavy (non-hydrogen) atoms. The fourth-order valence-corrected chi connectivity index (χ4v) is 2.91. The second-order valence-electron chi connectivity index (χ2n) is 5.23. The van der Waals surface area contributed by atoms with E-state index in [2.05, 4.69) is 16.4 Å². The van der Waals surface area contributed by atoms with E-state index < -0.39 is 0 Å². The summed E-state index contributed by atoms with van der Waals surface area (Å²) >= 11 is 6.21. The zero-order valence-electron chi connectivity index (χ0n) is 11.6. The van der Waals surface area contributed by atoms with E-state index in [9.17, 15) is 0 Å². The number of fused-ring (bicyclic) bond motifs is 1. The Balaban J connectivity index is 1.65. The molecule has 1 aliphatic carbocycles. The van der Waals surface area contributed by atoms with Crippen LogP contribution in [0.1, 0.15) is 25.3 Å². The Bertz CT molecular complexity index is 596. The zero-order valence-corrected chi connectivity index (χ0v) is 12.4. The predicted octanol–water partition coefficient (Wildman–Crippen LogP) is 3.55. The molecule has 0 aliphatic heterocycles. The van der Waals surface area contributed by atoms with Gasteiger partial charge in [0.15, 0.2) is 0 Å². The van der Waals surface area contributed by atoms with E-state index in [1.54, 1.807) is 0 Å². The number of benzene rings is 1. The molecule has 1 N–H and O–H groups in total. The monoisotopic (exact) mass is 290 g/mol. The Kier molecular flexibility index (Phi) is 4.20. The van der Waals surface area contributed by atoms with Crippen LogP contribution < -0.4 is 5.32 Å². The average Bonchev–Trinajstić information content (AvgIpc) is 2.43. The van der Waals surface area contributed by atoms with Crippen LogP contribution in [0.4, 0.5) is 0 Å². The maximum absolute atomic E-state index is 6.21. The molecule has 0 unspecified atom stereocenters. The molecule has 1 fully saturated rings. The van der Waals surface area contributed by atoms with E-state index in [0.29, 0.717) is 12.1 Å². The van der Waals surface area contributed by atoms with Crippen molar-refractivity contribution >= 4 is 22.5 Å². The van der Waals surface area contributed by atoms with Crippen LogP contribution in [-0.4, -0.2) is 23.7 Å². The van der Waals surface area contributed by atoms with Crippen molar-refractivity contribution in [1.82, 2.24) is 10.3 Å². The molecule has 3 nitrogen and oxygen atoms in total. The van der Waals surface area contributed by atoms with Crippen molar-refractivity contribution in [2.45, 2.75) is 38.5 Å². The number of hydrogen-bond acceptors (Lipinski definition) is 3. The molecular formula is C16H19ClN2O. The van der Waals surface area contributed by atoms with Crippen LogP contribution in [0.25, 0.3) is 10.9 Å². The molecule has 0 radical (unpaired) electrons. The number of ether oxygens (including phenoxy) is 1. The molecule has 1 heterocycles. The highest BCUT2D eigenvalue weighted by Crippen LogP contribution is 2.26. The molecule has 0 amide bonds. The molecule has 0 bridgehead atoms. The highest BCUT2D eigenvalue weighted by atomic mass is 35.5. The maximum Gasteiger partial charge on any atom is 0.0761 e. The van der Waals surface area contributed by atoms with E-state index in [1.807, 2.05) is 31.3 Å². The molecule has 1 saturated carbocycles. The molecular weight excluding hydrogens is 272 g/mol. The summed E-state index contributed by atoms with van der Waals surface area (Å²) in [5.41, 5.74) is 2.19. The van der Waals surface area contributed by atoms with Crippen molar-refractivity contribution in [1.29, 1.82) is 0 Å². The molecule has 0 spiro atoms. The molecule has 1 aromatic carbocycles. The van der Waals surface area contributed by atoms with Gasteiger partial charge in [-0.1, -0.05) is 17.7 Å². The van der Waals surface area contributed by atoms with Crippen molar-refractivity contribution in [3.8, 4) is 0 Å². The molecule has 106 valence electrons. The topological polar surface area (TPSA) is 34.1 Å². The van der Waals surface area contributed by atoms with Crippen LogP contribution in [-0.2, 0) is 11.3 Å². The molecule has 4 heteroatoms. The summed E-state index contributed by atoms with van der Waals surface area (Å²) in [6.45, 7) is 3.68. The normalized spacial score (nSPS) is 21.9. The minimum absolute atomic E-state index is 0.442. The van der Waals surface area contributed by atoms with E-state index in [1.165, 1.54) is 5.56 Å². The third-order valence-electron chi connectivity index (χ3n) is 3.88. The van der Waals surface area contributed by atoms with Gasteiger partial charge in [-0.3, -0.25) is 4.98 Å². The first-order chi connectivity index (χ1) is 9.78. The average molecular weight is 291 g/mol. The van der Waals surface area contributed by atoms with Crippen molar-refractivity contribution in [3.05, 3.63) is 41.0 Å². The highest BCUT2D eigenvalue weighted by Gasteiger charge is 2.28. The van der Waals surface area contributed by atoms with Crippen molar-refractivity contribution < 1.29 is 4.74 Å². The Morgan fingerprint density at radius 2 is 2.20 bits per heavy atom. The molecule has 1 aromatic heterocycles. The van der Waals surface area contributed by atoms with Crippen LogP contribution >= 0.6 is 11.6 Å². The first-order valence-corrected chi connectivity index (χ1v) is 7.53. The van der Waals surface area contributed by atoms with Crippen LogP contribution in [0, 0.1) is 0 Å². The van der Waals surface area contributed by atoms with Gasteiger partial charge in [-0.05, 0) is 43.5 Å². The zero-order chi connectivity index (χ0) is 13.9. The van der Waals surface area contributed by atoms with Crippen molar-refractivity contribution in [2.24, 2.45) is 0 Å². The highest BCUT2D eigenvalue weighted by molar-refractivity contribution is 6.35. The van der Waals surface area contributed by atoms with E-state index >= 15 is 0 Å². The number of nitrogens with zero attached hydrogens (tertiary/aromatic N) is 1. The maximum atomic E-state index is 6.21. The lowest BCUT2D eigenvalue weighted by Gasteiger charge is -2.35. The van der Waals surface area contributed by atoms with Gasteiger partial charge in [0.2, 0.25) is 0 Å². The Hall–Kier alpha value is -1.16. The third-order valence-corrected chi connectivity index (χ3v) is 4.21. The minimum Gasteiger partial charge on any atom is -0.378 e. The fourth-order valence-electron chi connectivity index (χ4n) is 2.70. The lowest BCUT2D eigenvalue weighted by Crippen LogP contribution is -2.45. The number of halogens is 1. The summed E-state index contributed by atoms with van der Waals surface area (Å²) in [5, 5.41) is 5.36. The quantitative estimate of drug-likeness (QED) is 0.914. The molecule has 0 atom stereocenters. The van der Waals surface area contributed by atoms with Crippen LogP contribution in [0.3, 0.4) is 0 Å².